The first-order chi connectivity index (χ1) is 12.8. The van der Waals surface area contributed by atoms with Crippen molar-refractivity contribution in [3.05, 3.63) is 47.0 Å². The van der Waals surface area contributed by atoms with Crippen LogP contribution in [-0.4, -0.2) is 45.2 Å². The molecule has 6 nitrogen and oxygen atoms in total. The number of carbonyl (C=O) groups excluding carboxylic acids is 1. The third-order valence-electron chi connectivity index (χ3n) is 5.54. The third-order valence-corrected chi connectivity index (χ3v) is 5.54. The van der Waals surface area contributed by atoms with Crippen molar-refractivity contribution in [3.63, 3.8) is 0 Å². The molecule has 1 aromatic carbocycles. The first-order valence-corrected chi connectivity index (χ1v) is 9.77. The van der Waals surface area contributed by atoms with E-state index in [4.69, 9.17) is 0 Å². The fourth-order valence-corrected chi connectivity index (χ4v) is 4.04. The normalized spacial score (nSPS) is 18.0. The zero-order chi connectivity index (χ0) is 17.9. The van der Waals surface area contributed by atoms with Crippen LogP contribution < -0.4 is 5.32 Å². The summed E-state index contributed by atoms with van der Waals surface area (Å²) in [5.41, 5.74) is 2.10. The van der Waals surface area contributed by atoms with Crippen molar-refractivity contribution in [1.82, 2.24) is 25.0 Å². The number of aromatic nitrogens is 3. The molecule has 26 heavy (non-hydrogen) atoms. The summed E-state index contributed by atoms with van der Waals surface area (Å²) in [6.45, 7) is 6.48. The molecule has 2 aliphatic rings. The lowest BCUT2D eigenvalue weighted by molar-refractivity contribution is 0.0710. The van der Waals surface area contributed by atoms with Crippen LogP contribution in [0.4, 0.5) is 0 Å². The fraction of sp³-hybridized carbons (Fsp3) is 0.550. The molecule has 0 atom stereocenters. The van der Waals surface area contributed by atoms with E-state index in [1.54, 1.807) is 0 Å². The minimum atomic E-state index is 0.152. The Morgan fingerprint density at radius 3 is 2.65 bits per heavy atom. The molecule has 1 saturated heterocycles. The first-order valence-electron chi connectivity index (χ1n) is 9.77. The number of likely N-dealkylation sites (tertiary alicyclic amines) is 1. The summed E-state index contributed by atoms with van der Waals surface area (Å²) in [5.74, 6) is 2.71. The summed E-state index contributed by atoms with van der Waals surface area (Å²) in [7, 11) is 0. The van der Waals surface area contributed by atoms with Crippen LogP contribution in [0.5, 0.6) is 0 Å². The van der Waals surface area contributed by atoms with Gasteiger partial charge in [0.1, 0.15) is 11.6 Å². The van der Waals surface area contributed by atoms with Gasteiger partial charge in [0.2, 0.25) is 0 Å². The zero-order valence-electron chi connectivity index (χ0n) is 15.4. The number of piperidine rings is 1. The molecule has 4 rings (SSSR count). The van der Waals surface area contributed by atoms with Crippen molar-refractivity contribution in [2.24, 2.45) is 0 Å². The predicted octanol–water partition coefficient (Wildman–Crippen LogP) is 2.35. The van der Waals surface area contributed by atoms with Crippen molar-refractivity contribution < 1.29 is 4.79 Å². The van der Waals surface area contributed by atoms with Gasteiger partial charge in [0.25, 0.3) is 5.91 Å². The van der Waals surface area contributed by atoms with Crippen LogP contribution in [0.15, 0.2) is 24.3 Å². The van der Waals surface area contributed by atoms with Gasteiger partial charge in [-0.3, -0.25) is 4.79 Å². The molecular weight excluding hydrogens is 326 g/mol. The van der Waals surface area contributed by atoms with Gasteiger partial charge in [-0.15, -0.1) is 10.2 Å². The van der Waals surface area contributed by atoms with E-state index in [0.717, 1.165) is 75.6 Å². The highest BCUT2D eigenvalue weighted by atomic mass is 16.2. The van der Waals surface area contributed by atoms with Gasteiger partial charge in [0, 0.05) is 37.7 Å². The van der Waals surface area contributed by atoms with Crippen LogP contribution in [0, 0.1) is 0 Å². The maximum absolute atomic E-state index is 12.8. The second-order valence-electron chi connectivity index (χ2n) is 7.32. The highest BCUT2D eigenvalue weighted by molar-refractivity contribution is 5.94. The molecule has 0 spiro atoms. The number of nitrogens with zero attached hydrogens (tertiary/aromatic N) is 4. The van der Waals surface area contributed by atoms with E-state index in [9.17, 15) is 4.79 Å². The molecule has 1 aromatic heterocycles. The van der Waals surface area contributed by atoms with E-state index in [1.807, 2.05) is 17.0 Å². The number of benzene rings is 1. The lowest BCUT2D eigenvalue weighted by Crippen LogP contribution is -2.38. The number of amides is 1. The van der Waals surface area contributed by atoms with Crippen LogP contribution in [-0.2, 0) is 19.5 Å². The lowest BCUT2D eigenvalue weighted by atomic mass is 9.95. The smallest absolute Gasteiger partial charge is 0.253 e. The topological polar surface area (TPSA) is 63.1 Å². The van der Waals surface area contributed by atoms with E-state index in [2.05, 4.69) is 39.1 Å². The van der Waals surface area contributed by atoms with Crippen LogP contribution in [0.1, 0.15) is 59.7 Å². The van der Waals surface area contributed by atoms with E-state index in [-0.39, 0.29) is 5.91 Å². The third kappa shape index (κ3) is 3.38. The number of rotatable bonds is 4. The monoisotopic (exact) mass is 353 g/mol. The van der Waals surface area contributed by atoms with Gasteiger partial charge < -0.3 is 14.8 Å². The quantitative estimate of drug-likeness (QED) is 0.916. The SMILES string of the molecule is CCCc1ccc(C(=O)N2CCC(c3nnc4n3CCNC4)CC2)cc1. The molecule has 1 fully saturated rings. The number of carbonyl (C=O) groups is 1. The van der Waals surface area contributed by atoms with E-state index in [1.165, 1.54) is 5.56 Å². The Morgan fingerprint density at radius 1 is 1.15 bits per heavy atom. The summed E-state index contributed by atoms with van der Waals surface area (Å²) in [4.78, 5) is 14.8. The molecule has 0 saturated carbocycles. The molecule has 2 aliphatic heterocycles. The average molecular weight is 353 g/mol. The molecule has 1 amide bonds. The zero-order valence-corrected chi connectivity index (χ0v) is 15.4. The maximum atomic E-state index is 12.8. The molecule has 0 bridgehead atoms. The summed E-state index contributed by atoms with van der Waals surface area (Å²) in [6.07, 6.45) is 4.12. The standard InChI is InChI=1S/C20H27N5O/c1-2-3-15-4-6-17(7-5-15)20(26)24-11-8-16(9-12-24)19-23-22-18-14-21-10-13-25(18)19/h4-7,16,21H,2-3,8-14H2,1H3. The number of hydrogen-bond acceptors (Lipinski definition) is 4. The lowest BCUT2D eigenvalue weighted by Gasteiger charge is -2.32. The molecule has 138 valence electrons. The molecular formula is C20H27N5O. The van der Waals surface area contributed by atoms with Crippen LogP contribution in [0.2, 0.25) is 0 Å². The minimum Gasteiger partial charge on any atom is -0.339 e. The van der Waals surface area contributed by atoms with E-state index >= 15 is 0 Å². The fourth-order valence-electron chi connectivity index (χ4n) is 4.04. The Kier molecular flexibility index (Phi) is 5.02. The summed E-state index contributed by atoms with van der Waals surface area (Å²) in [5, 5.41) is 12.1. The average Bonchev–Trinajstić information content (AvgIpc) is 3.13. The second-order valence-corrected chi connectivity index (χ2v) is 7.32. The molecule has 6 heteroatoms. The molecule has 1 N–H and O–H groups in total. The Hall–Kier alpha value is -2.21. The Labute approximate surface area is 154 Å². The van der Waals surface area contributed by atoms with Gasteiger partial charge in [-0.2, -0.15) is 0 Å². The molecule has 0 radical (unpaired) electrons. The van der Waals surface area contributed by atoms with Gasteiger partial charge in [-0.05, 0) is 37.0 Å². The first kappa shape index (κ1) is 17.2. The summed E-state index contributed by atoms with van der Waals surface area (Å²) in [6, 6.07) is 8.11. The van der Waals surface area contributed by atoms with Gasteiger partial charge in [-0.1, -0.05) is 25.5 Å². The summed E-state index contributed by atoms with van der Waals surface area (Å²) >= 11 is 0. The van der Waals surface area contributed by atoms with Gasteiger partial charge in [0.15, 0.2) is 0 Å². The van der Waals surface area contributed by atoms with Crippen molar-refractivity contribution in [1.29, 1.82) is 0 Å². The van der Waals surface area contributed by atoms with Crippen LogP contribution in [0.3, 0.4) is 0 Å². The second kappa shape index (κ2) is 7.58. The maximum Gasteiger partial charge on any atom is 0.253 e. The number of aryl methyl sites for hydroxylation is 1. The van der Waals surface area contributed by atoms with Crippen molar-refractivity contribution >= 4 is 5.91 Å². The Balaban J connectivity index is 1.38. The molecule has 0 unspecified atom stereocenters. The van der Waals surface area contributed by atoms with Gasteiger partial charge >= 0.3 is 0 Å². The predicted molar refractivity (Wildman–Crippen MR) is 100 cm³/mol. The number of nitrogens with one attached hydrogen (secondary N) is 1. The van der Waals surface area contributed by atoms with Crippen LogP contribution in [0.25, 0.3) is 0 Å². The number of fused-ring (bicyclic) bond motifs is 1. The Bertz CT molecular complexity index is 759. The van der Waals surface area contributed by atoms with Gasteiger partial charge in [0.05, 0.1) is 6.54 Å². The highest BCUT2D eigenvalue weighted by Crippen LogP contribution is 2.28. The molecule has 0 aliphatic carbocycles. The molecule has 2 aromatic rings. The van der Waals surface area contributed by atoms with E-state index in [0.29, 0.717) is 5.92 Å². The van der Waals surface area contributed by atoms with Crippen molar-refractivity contribution in [3.8, 4) is 0 Å². The van der Waals surface area contributed by atoms with Gasteiger partial charge in [-0.25, -0.2) is 0 Å². The largest absolute Gasteiger partial charge is 0.339 e. The minimum absolute atomic E-state index is 0.152. The van der Waals surface area contributed by atoms with E-state index < -0.39 is 0 Å². The van der Waals surface area contributed by atoms with Crippen molar-refractivity contribution in [2.45, 2.75) is 51.6 Å². The highest BCUT2D eigenvalue weighted by Gasteiger charge is 2.29. The summed E-state index contributed by atoms with van der Waals surface area (Å²) < 4.78 is 2.27. The van der Waals surface area contributed by atoms with Crippen LogP contribution >= 0.6 is 0 Å². The number of hydrogen-bond donors (Lipinski definition) is 1. The Morgan fingerprint density at radius 2 is 1.92 bits per heavy atom. The van der Waals surface area contributed by atoms with Crippen molar-refractivity contribution in [2.75, 3.05) is 19.6 Å². The molecule has 3 heterocycles.